The molecule has 0 aliphatic carbocycles. The highest BCUT2D eigenvalue weighted by Crippen LogP contribution is 2.38. The summed E-state index contributed by atoms with van der Waals surface area (Å²) in [6, 6.07) is 0. The Bertz CT molecular complexity index is 371. The largest absolute Gasteiger partial charge is 0.426 e. The molecule has 144 valence electrons. The zero-order chi connectivity index (χ0) is 19.4. The Morgan fingerprint density at radius 2 is 1.21 bits per heavy atom. The van der Waals surface area contributed by atoms with E-state index in [2.05, 4.69) is 85.8 Å². The second-order valence-electron chi connectivity index (χ2n) is 11.0. The minimum Gasteiger partial charge on any atom is -0.426 e. The van der Waals surface area contributed by atoms with Gasteiger partial charge < -0.3 is 4.43 Å². The van der Waals surface area contributed by atoms with Gasteiger partial charge in [-0.15, -0.1) is 0 Å². The number of hydrogen-bond donors (Lipinski definition) is 0. The fourth-order valence-corrected chi connectivity index (χ4v) is 99.5. The van der Waals surface area contributed by atoms with Gasteiger partial charge in [-0.3, -0.25) is 0 Å². The molecular weight excluding hydrogens is 357 g/mol. The zero-order valence-corrected chi connectivity index (χ0v) is 22.9. The van der Waals surface area contributed by atoms with Crippen molar-refractivity contribution in [2.45, 2.75) is 99.0 Å². The molecule has 24 heavy (non-hydrogen) atoms. The molecule has 0 fully saturated rings. The van der Waals surface area contributed by atoms with Crippen molar-refractivity contribution >= 4 is 29.6 Å². The Morgan fingerprint density at radius 1 is 0.792 bits per heavy atom. The summed E-state index contributed by atoms with van der Waals surface area (Å²) in [6.07, 6.45) is 6.14. The van der Waals surface area contributed by atoms with Crippen LogP contribution in [0.25, 0.3) is 0 Å². The monoisotopic (exact) mass is 402 g/mol. The normalized spacial score (nSPS) is 15.3. The number of hydrogen-bond acceptors (Lipinski definition) is 1. The maximum atomic E-state index is 7.13. The van der Waals surface area contributed by atoms with Crippen molar-refractivity contribution in [1.29, 1.82) is 0 Å². The van der Waals surface area contributed by atoms with E-state index in [1.54, 1.807) is 0 Å². The van der Waals surface area contributed by atoms with Crippen molar-refractivity contribution in [1.82, 2.24) is 0 Å². The van der Waals surface area contributed by atoms with Crippen molar-refractivity contribution in [2.24, 2.45) is 5.92 Å². The van der Waals surface area contributed by atoms with Gasteiger partial charge in [0.1, 0.15) is 0 Å². The molecule has 0 spiro atoms. The summed E-state index contributed by atoms with van der Waals surface area (Å²) in [7, 11) is -3.87. The average molecular weight is 403 g/mol. The predicted octanol–water partition coefficient (Wildman–Crippen LogP) is 6.97. The first kappa shape index (κ1) is 24.6. The summed E-state index contributed by atoms with van der Waals surface area (Å²) in [5.74, 6) is 0.775. The SMILES string of the molecule is CC(C)=CCCC(C)CCO[Si]([Si](C)(C)C)([Si](C)(C)C)[Si](C)(C)C. The third kappa shape index (κ3) is 6.38. The van der Waals surface area contributed by atoms with Crippen LogP contribution in [0.4, 0.5) is 0 Å². The molecule has 0 bridgehead atoms. The highest BCUT2D eigenvalue weighted by Gasteiger charge is 2.63. The second kappa shape index (κ2) is 8.98. The van der Waals surface area contributed by atoms with Gasteiger partial charge in [0, 0.05) is 6.61 Å². The van der Waals surface area contributed by atoms with E-state index in [4.69, 9.17) is 4.43 Å². The van der Waals surface area contributed by atoms with Crippen LogP contribution in [0.15, 0.2) is 11.6 Å². The lowest BCUT2D eigenvalue weighted by atomic mass is 10.0. The minimum absolute atomic E-state index is 0.775. The van der Waals surface area contributed by atoms with Gasteiger partial charge in [-0.25, -0.2) is 0 Å². The number of rotatable bonds is 10. The maximum absolute atomic E-state index is 7.13. The fraction of sp³-hybridized carbons (Fsp3) is 0.895. The summed E-state index contributed by atoms with van der Waals surface area (Å²) in [5.41, 5.74) is 1.45. The Labute approximate surface area is 157 Å². The van der Waals surface area contributed by atoms with E-state index < -0.39 is 29.6 Å². The molecule has 0 rings (SSSR count). The van der Waals surface area contributed by atoms with E-state index in [0.29, 0.717) is 0 Å². The van der Waals surface area contributed by atoms with Crippen LogP contribution in [0.1, 0.15) is 40.0 Å². The van der Waals surface area contributed by atoms with E-state index in [0.717, 1.165) is 12.5 Å². The van der Waals surface area contributed by atoms with Crippen LogP contribution in [-0.2, 0) is 4.43 Å². The lowest BCUT2D eigenvalue weighted by Gasteiger charge is -2.56. The highest BCUT2D eigenvalue weighted by molar-refractivity contribution is 7.87. The molecule has 0 amide bonds. The molecule has 5 heteroatoms. The van der Waals surface area contributed by atoms with Crippen LogP contribution in [0.5, 0.6) is 0 Å². The van der Waals surface area contributed by atoms with Crippen molar-refractivity contribution < 1.29 is 4.43 Å². The first-order valence-electron chi connectivity index (χ1n) is 9.83. The standard InChI is InChI=1S/C19H46OSi4/c1-18(2)14-13-15-19(3)16-17-20-24(21(4,5)6,22(7,8)9)23(10,11)12/h14,19H,13,15-17H2,1-12H3. The Morgan fingerprint density at radius 3 is 1.54 bits per heavy atom. The lowest BCUT2D eigenvalue weighted by Crippen LogP contribution is -2.84. The van der Waals surface area contributed by atoms with Gasteiger partial charge >= 0.3 is 0 Å². The first-order valence-corrected chi connectivity index (χ1v) is 25.2. The van der Waals surface area contributed by atoms with Crippen LogP contribution < -0.4 is 0 Å². The molecule has 1 unspecified atom stereocenters. The predicted molar refractivity (Wildman–Crippen MR) is 124 cm³/mol. The van der Waals surface area contributed by atoms with Crippen molar-refractivity contribution in [2.75, 3.05) is 6.61 Å². The van der Waals surface area contributed by atoms with Gasteiger partial charge in [-0.2, -0.15) is 0 Å². The van der Waals surface area contributed by atoms with Crippen LogP contribution in [0.3, 0.4) is 0 Å². The maximum Gasteiger partial charge on any atom is 0.158 e. The Kier molecular flexibility index (Phi) is 9.19. The Balaban J connectivity index is 5.10. The highest BCUT2D eigenvalue weighted by atomic mass is 29.9. The quantitative estimate of drug-likeness (QED) is 0.283. The smallest absolute Gasteiger partial charge is 0.158 e. The first-order chi connectivity index (χ1) is 10.6. The molecule has 0 saturated heterocycles. The topological polar surface area (TPSA) is 9.23 Å². The van der Waals surface area contributed by atoms with Gasteiger partial charge in [0.25, 0.3) is 0 Å². The zero-order valence-electron chi connectivity index (χ0n) is 18.9. The van der Waals surface area contributed by atoms with Gasteiger partial charge in [0.2, 0.25) is 0 Å². The fourth-order valence-electron chi connectivity index (χ4n) is 5.24. The summed E-state index contributed by atoms with van der Waals surface area (Å²) < 4.78 is 7.13. The molecule has 0 aromatic carbocycles. The van der Waals surface area contributed by atoms with Crippen molar-refractivity contribution in [3.8, 4) is 0 Å². The van der Waals surface area contributed by atoms with Crippen LogP contribution in [0.2, 0.25) is 58.9 Å². The van der Waals surface area contributed by atoms with E-state index in [1.807, 2.05) is 0 Å². The molecule has 0 aliphatic rings. The molecule has 0 aliphatic heterocycles. The molecule has 0 aromatic heterocycles. The van der Waals surface area contributed by atoms with Crippen LogP contribution in [-0.4, -0.2) is 36.3 Å². The average Bonchev–Trinajstić information content (AvgIpc) is 2.28. The molecule has 0 aromatic rings. The van der Waals surface area contributed by atoms with Gasteiger partial charge in [-0.05, 0) is 39.0 Å². The van der Waals surface area contributed by atoms with Gasteiger partial charge in [0.05, 0.1) is 22.8 Å². The minimum atomic E-state index is -1.61. The van der Waals surface area contributed by atoms with Crippen LogP contribution >= 0.6 is 0 Å². The molecule has 0 heterocycles. The van der Waals surface area contributed by atoms with E-state index in [9.17, 15) is 0 Å². The van der Waals surface area contributed by atoms with E-state index in [1.165, 1.54) is 24.8 Å². The molecular formula is C19H46OSi4. The Hall–Kier alpha value is 0.568. The van der Waals surface area contributed by atoms with Crippen molar-refractivity contribution in [3.63, 3.8) is 0 Å². The second-order valence-corrected chi connectivity index (χ2v) is 50.5. The third-order valence-corrected chi connectivity index (χ3v) is 73.1. The summed E-state index contributed by atoms with van der Waals surface area (Å²) in [6.45, 7) is 29.7. The van der Waals surface area contributed by atoms with Gasteiger partial charge in [-0.1, -0.05) is 77.5 Å². The summed E-state index contributed by atoms with van der Waals surface area (Å²) in [4.78, 5) is 0. The molecule has 0 N–H and O–H groups in total. The molecule has 0 saturated carbocycles. The van der Waals surface area contributed by atoms with E-state index in [-0.39, 0.29) is 0 Å². The summed E-state index contributed by atoms with van der Waals surface area (Å²) >= 11 is 0. The van der Waals surface area contributed by atoms with Crippen LogP contribution in [0, 0.1) is 5.92 Å². The number of allylic oxidation sites excluding steroid dienone is 2. The third-order valence-electron chi connectivity index (χ3n) is 5.31. The van der Waals surface area contributed by atoms with Crippen molar-refractivity contribution in [3.05, 3.63) is 11.6 Å². The molecule has 0 radical (unpaired) electrons. The summed E-state index contributed by atoms with van der Waals surface area (Å²) in [5, 5.41) is 0. The van der Waals surface area contributed by atoms with Gasteiger partial charge in [0.15, 0.2) is 6.87 Å². The molecule has 1 atom stereocenters. The lowest BCUT2D eigenvalue weighted by molar-refractivity contribution is 0.288. The van der Waals surface area contributed by atoms with E-state index >= 15 is 0 Å². The molecule has 1 nitrogen and oxygen atoms in total.